The molecule has 3 nitrogen and oxygen atoms in total. The fourth-order valence-electron chi connectivity index (χ4n) is 2.88. The van der Waals surface area contributed by atoms with Crippen molar-refractivity contribution in [2.45, 2.75) is 19.9 Å². The maximum atomic E-state index is 12.2. The number of quaternary nitrogens is 1. The molecule has 3 heteroatoms. The number of carbonyl (C=O) groups is 1. The van der Waals surface area contributed by atoms with E-state index in [2.05, 4.69) is 31.3 Å². The third kappa shape index (κ3) is 2.07. The molecule has 0 bridgehead atoms. The van der Waals surface area contributed by atoms with Gasteiger partial charge in [0.25, 0.3) is 5.91 Å². The molecule has 1 aromatic rings. The molecular weight excluding hydrogens is 212 g/mol. The fraction of sp³-hybridized carbons (Fsp3) is 0.500. The lowest BCUT2D eigenvalue weighted by Gasteiger charge is -2.45. The first-order valence-corrected chi connectivity index (χ1v) is 6.42. The van der Waals surface area contributed by atoms with Crippen LogP contribution in [0.3, 0.4) is 0 Å². The van der Waals surface area contributed by atoms with Gasteiger partial charge in [-0.2, -0.15) is 0 Å². The van der Waals surface area contributed by atoms with Gasteiger partial charge in [-0.1, -0.05) is 30.3 Å². The number of hydrogen-bond donors (Lipinski definition) is 1. The molecule has 1 aliphatic heterocycles. The molecule has 0 saturated carbocycles. The van der Waals surface area contributed by atoms with E-state index in [0.717, 1.165) is 36.2 Å². The van der Waals surface area contributed by atoms with Crippen molar-refractivity contribution in [2.24, 2.45) is 0 Å². The SMILES string of the molecule is CC[N+]1(CC)CCNC(=O)C1c1ccccc1. The molecule has 1 unspecified atom stereocenters. The topological polar surface area (TPSA) is 29.1 Å². The van der Waals surface area contributed by atoms with Crippen LogP contribution in [0.4, 0.5) is 0 Å². The van der Waals surface area contributed by atoms with Gasteiger partial charge in [-0.3, -0.25) is 4.79 Å². The van der Waals surface area contributed by atoms with Crippen molar-refractivity contribution in [3.8, 4) is 0 Å². The first-order valence-electron chi connectivity index (χ1n) is 6.42. The highest BCUT2D eigenvalue weighted by atomic mass is 16.2. The standard InChI is InChI=1S/C14H20N2O/c1-3-16(4-2)11-10-15-14(17)13(16)12-8-6-5-7-9-12/h5-9,13H,3-4,10-11H2,1-2H3/p+1. The second kappa shape index (κ2) is 4.88. The first-order chi connectivity index (χ1) is 8.23. The molecule has 1 atom stereocenters. The molecule has 0 aliphatic carbocycles. The average Bonchev–Trinajstić information content (AvgIpc) is 2.39. The summed E-state index contributed by atoms with van der Waals surface area (Å²) in [5, 5.41) is 3.00. The van der Waals surface area contributed by atoms with E-state index in [1.807, 2.05) is 18.2 Å². The third-order valence-electron chi connectivity index (χ3n) is 4.03. The normalized spacial score (nSPS) is 23.2. The van der Waals surface area contributed by atoms with E-state index in [0.29, 0.717) is 0 Å². The van der Waals surface area contributed by atoms with Crippen molar-refractivity contribution in [3.05, 3.63) is 35.9 Å². The summed E-state index contributed by atoms with van der Waals surface area (Å²) in [6.07, 6.45) is 0. The number of nitrogens with zero attached hydrogens (tertiary/aromatic N) is 1. The van der Waals surface area contributed by atoms with Gasteiger partial charge < -0.3 is 9.80 Å². The summed E-state index contributed by atoms with van der Waals surface area (Å²) in [7, 11) is 0. The second-order valence-corrected chi connectivity index (χ2v) is 4.68. The molecule has 1 N–H and O–H groups in total. The molecular formula is C14H21N2O+. The zero-order valence-corrected chi connectivity index (χ0v) is 10.6. The lowest BCUT2D eigenvalue weighted by Crippen LogP contribution is -2.62. The van der Waals surface area contributed by atoms with Crippen molar-refractivity contribution in [2.75, 3.05) is 26.2 Å². The van der Waals surface area contributed by atoms with Gasteiger partial charge in [-0.25, -0.2) is 0 Å². The van der Waals surface area contributed by atoms with E-state index in [-0.39, 0.29) is 11.9 Å². The van der Waals surface area contributed by atoms with Gasteiger partial charge in [0.15, 0.2) is 6.04 Å². The Balaban J connectivity index is 2.41. The third-order valence-corrected chi connectivity index (χ3v) is 4.03. The summed E-state index contributed by atoms with van der Waals surface area (Å²) in [5.41, 5.74) is 1.13. The Morgan fingerprint density at radius 1 is 1.24 bits per heavy atom. The zero-order valence-electron chi connectivity index (χ0n) is 10.6. The summed E-state index contributed by atoms with van der Waals surface area (Å²) >= 11 is 0. The summed E-state index contributed by atoms with van der Waals surface area (Å²) in [6, 6.07) is 10.1. The van der Waals surface area contributed by atoms with E-state index in [9.17, 15) is 4.79 Å². The molecule has 1 heterocycles. The maximum Gasteiger partial charge on any atom is 0.283 e. The molecule has 1 fully saturated rings. The molecule has 1 aliphatic rings. The number of benzene rings is 1. The van der Waals surface area contributed by atoms with Crippen LogP contribution in [0.15, 0.2) is 30.3 Å². The molecule has 1 amide bonds. The summed E-state index contributed by atoms with van der Waals surface area (Å²) in [5.74, 6) is 0.172. The summed E-state index contributed by atoms with van der Waals surface area (Å²) in [6.45, 7) is 8.19. The molecule has 0 radical (unpaired) electrons. The van der Waals surface area contributed by atoms with Crippen LogP contribution in [0.1, 0.15) is 25.5 Å². The van der Waals surface area contributed by atoms with Gasteiger partial charge in [-0.15, -0.1) is 0 Å². The van der Waals surface area contributed by atoms with E-state index in [1.54, 1.807) is 0 Å². The van der Waals surface area contributed by atoms with Gasteiger partial charge in [0.1, 0.15) is 0 Å². The molecule has 1 aromatic carbocycles. The fourth-order valence-corrected chi connectivity index (χ4v) is 2.88. The highest BCUT2D eigenvalue weighted by molar-refractivity contribution is 5.82. The van der Waals surface area contributed by atoms with Crippen LogP contribution in [-0.2, 0) is 4.79 Å². The number of carbonyl (C=O) groups excluding carboxylic acids is 1. The van der Waals surface area contributed by atoms with Gasteiger partial charge >= 0.3 is 0 Å². The van der Waals surface area contributed by atoms with E-state index in [1.165, 1.54) is 0 Å². The molecule has 2 rings (SSSR count). The number of likely N-dealkylation sites (N-methyl/N-ethyl adjacent to an activating group) is 1. The Hall–Kier alpha value is -1.35. The predicted molar refractivity (Wildman–Crippen MR) is 68.4 cm³/mol. The lowest BCUT2D eigenvalue weighted by molar-refractivity contribution is -0.946. The van der Waals surface area contributed by atoms with Crippen LogP contribution >= 0.6 is 0 Å². The molecule has 92 valence electrons. The highest BCUT2D eigenvalue weighted by Crippen LogP contribution is 2.30. The Morgan fingerprint density at radius 2 is 1.88 bits per heavy atom. The average molecular weight is 233 g/mol. The second-order valence-electron chi connectivity index (χ2n) is 4.68. The number of amides is 1. The van der Waals surface area contributed by atoms with Gasteiger partial charge in [0.05, 0.1) is 26.2 Å². The van der Waals surface area contributed by atoms with E-state index in [4.69, 9.17) is 0 Å². The van der Waals surface area contributed by atoms with Crippen molar-refractivity contribution in [1.29, 1.82) is 0 Å². The van der Waals surface area contributed by atoms with Crippen LogP contribution in [0.5, 0.6) is 0 Å². The smallest absolute Gasteiger partial charge is 0.283 e. The Kier molecular flexibility index (Phi) is 3.48. The number of piperazine rings is 1. The Bertz CT molecular complexity index is 384. The highest BCUT2D eigenvalue weighted by Gasteiger charge is 2.43. The van der Waals surface area contributed by atoms with Crippen LogP contribution in [-0.4, -0.2) is 36.6 Å². The molecule has 1 saturated heterocycles. The minimum absolute atomic E-state index is 0.0417. The zero-order chi connectivity index (χ0) is 12.3. The molecule has 0 aromatic heterocycles. The van der Waals surface area contributed by atoms with Crippen LogP contribution in [0.2, 0.25) is 0 Å². The van der Waals surface area contributed by atoms with E-state index < -0.39 is 0 Å². The van der Waals surface area contributed by atoms with Crippen LogP contribution in [0.25, 0.3) is 0 Å². The number of nitrogens with one attached hydrogen (secondary N) is 1. The lowest BCUT2D eigenvalue weighted by atomic mass is 9.99. The van der Waals surface area contributed by atoms with Crippen molar-refractivity contribution in [1.82, 2.24) is 5.32 Å². The quantitative estimate of drug-likeness (QED) is 0.791. The van der Waals surface area contributed by atoms with Gasteiger partial charge in [-0.05, 0) is 13.8 Å². The number of hydrogen-bond acceptors (Lipinski definition) is 1. The Labute approximate surface area is 103 Å². The van der Waals surface area contributed by atoms with E-state index >= 15 is 0 Å². The van der Waals surface area contributed by atoms with Crippen LogP contribution in [0, 0.1) is 0 Å². The number of rotatable bonds is 3. The minimum atomic E-state index is -0.0417. The maximum absolute atomic E-state index is 12.2. The summed E-state index contributed by atoms with van der Waals surface area (Å²) < 4.78 is 0.871. The monoisotopic (exact) mass is 233 g/mol. The van der Waals surface area contributed by atoms with Gasteiger partial charge in [0, 0.05) is 5.56 Å². The van der Waals surface area contributed by atoms with Crippen molar-refractivity contribution >= 4 is 5.91 Å². The first kappa shape index (κ1) is 12.1. The molecule has 17 heavy (non-hydrogen) atoms. The van der Waals surface area contributed by atoms with Gasteiger partial charge in [0.2, 0.25) is 0 Å². The predicted octanol–water partition coefficient (Wildman–Crippen LogP) is 1.71. The minimum Gasteiger partial charge on any atom is -0.345 e. The van der Waals surface area contributed by atoms with Crippen LogP contribution < -0.4 is 5.32 Å². The van der Waals surface area contributed by atoms with Crippen molar-refractivity contribution < 1.29 is 9.28 Å². The van der Waals surface area contributed by atoms with Crippen molar-refractivity contribution in [3.63, 3.8) is 0 Å². The largest absolute Gasteiger partial charge is 0.345 e. The molecule has 0 spiro atoms. The Morgan fingerprint density at radius 3 is 2.47 bits per heavy atom. The summed E-state index contributed by atoms with van der Waals surface area (Å²) in [4.78, 5) is 12.2.